The Hall–Kier alpha value is -2.09. The van der Waals surface area contributed by atoms with Gasteiger partial charge in [-0.3, -0.25) is 0 Å². The van der Waals surface area contributed by atoms with Gasteiger partial charge in [0.25, 0.3) is 0 Å². The number of halogens is 3. The molecule has 2 N–H and O–H groups in total. The molecule has 1 aliphatic heterocycles. The van der Waals surface area contributed by atoms with Crippen LogP contribution in [0.1, 0.15) is 50.0 Å². The monoisotopic (exact) mass is 354 g/mol. The van der Waals surface area contributed by atoms with E-state index in [1.54, 1.807) is 0 Å². The molecule has 0 radical (unpaired) electrons. The van der Waals surface area contributed by atoms with Gasteiger partial charge in [-0.1, -0.05) is 13.8 Å². The van der Waals surface area contributed by atoms with Crippen molar-refractivity contribution in [1.82, 2.24) is 14.5 Å². The summed E-state index contributed by atoms with van der Waals surface area (Å²) >= 11 is 0. The Morgan fingerprint density at radius 3 is 2.56 bits per heavy atom. The molecule has 136 valence electrons. The Morgan fingerprint density at radius 2 is 1.96 bits per heavy atom. The third-order valence-corrected chi connectivity index (χ3v) is 4.38. The van der Waals surface area contributed by atoms with Crippen molar-refractivity contribution in [2.45, 2.75) is 44.8 Å². The van der Waals surface area contributed by atoms with E-state index in [0.717, 1.165) is 24.7 Å². The predicted octanol–water partition coefficient (Wildman–Crippen LogP) is 4.02. The van der Waals surface area contributed by atoms with E-state index in [1.807, 2.05) is 20.0 Å². The van der Waals surface area contributed by atoms with E-state index < -0.39 is 17.6 Å². The lowest BCUT2D eigenvalue weighted by atomic mass is 10.1. The SMILES string of the molecule is CC(C)c1nc(-c2cnc(N)c(C(F)(F)F)c2)cn1C1CCOCC1. The second kappa shape index (κ2) is 6.67. The average Bonchev–Trinajstić information content (AvgIpc) is 3.00. The topological polar surface area (TPSA) is 66.0 Å². The summed E-state index contributed by atoms with van der Waals surface area (Å²) in [5.41, 5.74) is 5.24. The summed E-state index contributed by atoms with van der Waals surface area (Å²) in [7, 11) is 0. The van der Waals surface area contributed by atoms with E-state index in [1.165, 1.54) is 6.20 Å². The minimum Gasteiger partial charge on any atom is -0.383 e. The standard InChI is InChI=1S/C17H21F3N4O/c1-10(2)16-23-14(9-24(16)12-3-5-25-6-4-12)11-7-13(17(18,19)20)15(21)22-8-11/h7-10,12H,3-6H2,1-2H3,(H2,21,22). The molecule has 0 unspecified atom stereocenters. The molecule has 3 rings (SSSR count). The van der Waals surface area contributed by atoms with Crippen LogP contribution in [-0.2, 0) is 10.9 Å². The molecule has 3 heterocycles. The molecule has 0 aromatic carbocycles. The summed E-state index contributed by atoms with van der Waals surface area (Å²) in [6.07, 6.45) is 0.341. The normalized spacial score (nSPS) is 16.6. The van der Waals surface area contributed by atoms with Crippen LogP contribution in [0.5, 0.6) is 0 Å². The molecule has 0 atom stereocenters. The summed E-state index contributed by atoms with van der Waals surface area (Å²) in [4.78, 5) is 8.29. The van der Waals surface area contributed by atoms with E-state index in [4.69, 9.17) is 10.5 Å². The molecule has 2 aromatic rings. The number of nitrogens with zero attached hydrogens (tertiary/aromatic N) is 3. The van der Waals surface area contributed by atoms with Gasteiger partial charge >= 0.3 is 6.18 Å². The van der Waals surface area contributed by atoms with Crippen LogP contribution in [0.25, 0.3) is 11.3 Å². The third kappa shape index (κ3) is 3.63. The van der Waals surface area contributed by atoms with E-state index in [2.05, 4.69) is 14.5 Å². The molecule has 0 saturated carbocycles. The summed E-state index contributed by atoms with van der Waals surface area (Å²) in [6, 6.07) is 1.26. The zero-order chi connectivity index (χ0) is 18.2. The highest BCUT2D eigenvalue weighted by molar-refractivity contribution is 5.62. The molecule has 1 saturated heterocycles. The largest absolute Gasteiger partial charge is 0.419 e. The van der Waals surface area contributed by atoms with Gasteiger partial charge in [0.05, 0.1) is 11.3 Å². The highest BCUT2D eigenvalue weighted by Gasteiger charge is 2.34. The van der Waals surface area contributed by atoms with Gasteiger partial charge < -0.3 is 15.0 Å². The van der Waals surface area contributed by atoms with Crippen LogP contribution >= 0.6 is 0 Å². The van der Waals surface area contributed by atoms with E-state index >= 15 is 0 Å². The number of aromatic nitrogens is 3. The number of rotatable bonds is 3. The lowest BCUT2D eigenvalue weighted by Crippen LogP contribution is -2.21. The van der Waals surface area contributed by atoms with Gasteiger partial charge in [-0.2, -0.15) is 13.2 Å². The average molecular weight is 354 g/mol. The zero-order valence-electron chi connectivity index (χ0n) is 14.2. The van der Waals surface area contributed by atoms with Crippen LogP contribution in [0, 0.1) is 0 Å². The Kier molecular flexibility index (Phi) is 4.73. The van der Waals surface area contributed by atoms with Gasteiger partial charge in [0, 0.05) is 43.1 Å². The van der Waals surface area contributed by atoms with Crippen LogP contribution in [0.3, 0.4) is 0 Å². The first-order valence-electron chi connectivity index (χ1n) is 8.27. The first kappa shape index (κ1) is 17.7. The van der Waals surface area contributed by atoms with Crippen molar-refractivity contribution < 1.29 is 17.9 Å². The number of hydrogen-bond acceptors (Lipinski definition) is 4. The Labute approximate surface area is 144 Å². The van der Waals surface area contributed by atoms with Gasteiger partial charge in [-0.25, -0.2) is 9.97 Å². The van der Waals surface area contributed by atoms with Crippen molar-refractivity contribution in [2.75, 3.05) is 18.9 Å². The second-order valence-corrected chi connectivity index (χ2v) is 6.54. The summed E-state index contributed by atoms with van der Waals surface area (Å²) < 4.78 is 46.7. The van der Waals surface area contributed by atoms with E-state index in [9.17, 15) is 13.2 Å². The lowest BCUT2D eigenvalue weighted by Gasteiger charge is -2.25. The molecule has 1 fully saturated rings. The molecule has 5 nitrogen and oxygen atoms in total. The van der Waals surface area contributed by atoms with Crippen LogP contribution in [-0.4, -0.2) is 27.7 Å². The van der Waals surface area contributed by atoms with Crippen molar-refractivity contribution in [1.29, 1.82) is 0 Å². The molecule has 25 heavy (non-hydrogen) atoms. The van der Waals surface area contributed by atoms with Crippen molar-refractivity contribution >= 4 is 5.82 Å². The number of hydrogen-bond donors (Lipinski definition) is 1. The molecule has 0 spiro atoms. The van der Waals surface area contributed by atoms with Gasteiger partial charge in [-0.05, 0) is 18.9 Å². The summed E-state index contributed by atoms with van der Waals surface area (Å²) in [5.74, 6) is 0.483. The van der Waals surface area contributed by atoms with Crippen molar-refractivity contribution in [2.24, 2.45) is 0 Å². The quantitative estimate of drug-likeness (QED) is 0.904. The van der Waals surface area contributed by atoms with E-state index in [-0.39, 0.29) is 12.0 Å². The van der Waals surface area contributed by atoms with Crippen LogP contribution < -0.4 is 5.73 Å². The van der Waals surface area contributed by atoms with E-state index in [0.29, 0.717) is 24.5 Å². The van der Waals surface area contributed by atoms with Gasteiger partial charge in [-0.15, -0.1) is 0 Å². The summed E-state index contributed by atoms with van der Waals surface area (Å²) in [6.45, 7) is 5.39. The molecular weight excluding hydrogens is 333 g/mol. The molecule has 8 heteroatoms. The predicted molar refractivity (Wildman–Crippen MR) is 88.1 cm³/mol. The zero-order valence-corrected chi connectivity index (χ0v) is 14.2. The van der Waals surface area contributed by atoms with Gasteiger partial charge in [0.2, 0.25) is 0 Å². The maximum Gasteiger partial charge on any atom is 0.419 e. The smallest absolute Gasteiger partial charge is 0.383 e. The van der Waals surface area contributed by atoms with Crippen molar-refractivity contribution in [3.63, 3.8) is 0 Å². The molecule has 0 bridgehead atoms. The first-order valence-corrected chi connectivity index (χ1v) is 8.27. The highest BCUT2D eigenvalue weighted by atomic mass is 19.4. The second-order valence-electron chi connectivity index (χ2n) is 6.54. The van der Waals surface area contributed by atoms with Crippen molar-refractivity contribution in [3.05, 3.63) is 29.8 Å². The molecule has 0 aliphatic carbocycles. The number of nitrogens with two attached hydrogens (primary N) is 1. The molecular formula is C17H21F3N4O. The Balaban J connectivity index is 2.03. The number of alkyl halides is 3. The van der Waals surface area contributed by atoms with Crippen LogP contribution in [0.2, 0.25) is 0 Å². The fourth-order valence-electron chi connectivity index (χ4n) is 3.07. The summed E-state index contributed by atoms with van der Waals surface area (Å²) in [5, 5.41) is 0. The first-order chi connectivity index (χ1) is 11.8. The Bertz CT molecular complexity index is 749. The number of anilines is 1. The van der Waals surface area contributed by atoms with Gasteiger partial charge in [0.1, 0.15) is 11.6 Å². The third-order valence-electron chi connectivity index (χ3n) is 4.38. The molecule has 0 amide bonds. The number of pyridine rings is 1. The minimum atomic E-state index is -4.54. The lowest BCUT2D eigenvalue weighted by molar-refractivity contribution is -0.137. The maximum atomic E-state index is 13.1. The highest BCUT2D eigenvalue weighted by Crippen LogP contribution is 2.36. The number of imidazole rings is 1. The number of ether oxygens (including phenoxy) is 1. The maximum absolute atomic E-state index is 13.1. The Morgan fingerprint density at radius 1 is 1.28 bits per heavy atom. The molecule has 2 aromatic heterocycles. The fraction of sp³-hybridized carbons (Fsp3) is 0.529. The fourth-order valence-corrected chi connectivity index (χ4v) is 3.07. The van der Waals surface area contributed by atoms with Crippen LogP contribution in [0.4, 0.5) is 19.0 Å². The minimum absolute atomic E-state index is 0.153. The van der Waals surface area contributed by atoms with Gasteiger partial charge in [0.15, 0.2) is 0 Å². The van der Waals surface area contributed by atoms with Crippen molar-refractivity contribution in [3.8, 4) is 11.3 Å². The van der Waals surface area contributed by atoms with Crippen LogP contribution in [0.15, 0.2) is 18.5 Å². The number of nitrogen functional groups attached to an aromatic ring is 1. The molecule has 1 aliphatic rings.